The number of rotatable bonds is 3. The van der Waals surface area contributed by atoms with Gasteiger partial charge in [0.2, 0.25) is 5.95 Å². The van der Waals surface area contributed by atoms with Crippen LogP contribution in [0, 0.1) is 0 Å². The van der Waals surface area contributed by atoms with Gasteiger partial charge in [0.1, 0.15) is 0 Å². The number of hydrogen-bond acceptors (Lipinski definition) is 4. The minimum atomic E-state index is 0.724. The largest absolute Gasteiger partial charge is 0.353 e. The quantitative estimate of drug-likeness (QED) is 0.645. The second kappa shape index (κ2) is 3.14. The molecule has 0 bridgehead atoms. The van der Waals surface area contributed by atoms with Crippen molar-refractivity contribution in [2.75, 3.05) is 11.9 Å². The standard InChI is InChI=1S/C5H11N5/c1-3-4-6-5-7-8-9-10(5)2/h3-4H2,1-2H3,(H,6,7,9). The summed E-state index contributed by atoms with van der Waals surface area (Å²) < 4.78 is 1.61. The second-order valence-electron chi connectivity index (χ2n) is 2.05. The van der Waals surface area contributed by atoms with Crippen molar-refractivity contribution < 1.29 is 0 Å². The molecule has 0 aliphatic rings. The highest BCUT2D eigenvalue weighted by Crippen LogP contribution is 1.94. The zero-order chi connectivity index (χ0) is 7.40. The molecule has 0 aromatic carbocycles. The van der Waals surface area contributed by atoms with E-state index in [1.54, 1.807) is 11.7 Å². The molecule has 0 unspecified atom stereocenters. The van der Waals surface area contributed by atoms with E-state index >= 15 is 0 Å². The van der Waals surface area contributed by atoms with Crippen LogP contribution in [0.5, 0.6) is 0 Å². The van der Waals surface area contributed by atoms with E-state index in [1.807, 2.05) is 0 Å². The maximum absolute atomic E-state index is 3.74. The van der Waals surface area contributed by atoms with Gasteiger partial charge in [-0.25, -0.2) is 4.68 Å². The van der Waals surface area contributed by atoms with Crippen LogP contribution in [0.25, 0.3) is 0 Å². The Labute approximate surface area is 59.4 Å². The van der Waals surface area contributed by atoms with Gasteiger partial charge in [0.15, 0.2) is 0 Å². The molecular weight excluding hydrogens is 130 g/mol. The molecule has 5 nitrogen and oxygen atoms in total. The fraction of sp³-hybridized carbons (Fsp3) is 0.800. The first kappa shape index (κ1) is 6.98. The summed E-state index contributed by atoms with van der Waals surface area (Å²) in [6.45, 7) is 3.00. The highest BCUT2D eigenvalue weighted by molar-refractivity contribution is 5.20. The van der Waals surface area contributed by atoms with Crippen molar-refractivity contribution in [3.05, 3.63) is 0 Å². The summed E-state index contributed by atoms with van der Waals surface area (Å²) in [6.07, 6.45) is 1.08. The normalized spacial score (nSPS) is 9.80. The van der Waals surface area contributed by atoms with Gasteiger partial charge in [-0.05, 0) is 16.8 Å². The first-order valence-corrected chi connectivity index (χ1v) is 3.31. The minimum absolute atomic E-state index is 0.724. The van der Waals surface area contributed by atoms with E-state index in [1.165, 1.54) is 0 Å². The zero-order valence-corrected chi connectivity index (χ0v) is 6.20. The topological polar surface area (TPSA) is 55.6 Å². The molecule has 0 fully saturated rings. The average Bonchev–Trinajstić information content (AvgIpc) is 2.31. The summed E-state index contributed by atoms with van der Waals surface area (Å²) in [7, 11) is 1.80. The van der Waals surface area contributed by atoms with Crippen molar-refractivity contribution in [3.63, 3.8) is 0 Å². The smallest absolute Gasteiger partial charge is 0.242 e. The van der Waals surface area contributed by atoms with Crippen molar-refractivity contribution in [2.24, 2.45) is 7.05 Å². The van der Waals surface area contributed by atoms with Crippen molar-refractivity contribution in [2.45, 2.75) is 13.3 Å². The number of hydrogen-bond donors (Lipinski definition) is 1. The van der Waals surface area contributed by atoms with Crippen LogP contribution in [0.2, 0.25) is 0 Å². The van der Waals surface area contributed by atoms with Crippen LogP contribution in [-0.4, -0.2) is 26.8 Å². The van der Waals surface area contributed by atoms with E-state index in [-0.39, 0.29) is 0 Å². The number of nitrogens with one attached hydrogen (secondary N) is 1. The molecule has 10 heavy (non-hydrogen) atoms. The maximum Gasteiger partial charge on any atom is 0.242 e. The van der Waals surface area contributed by atoms with Gasteiger partial charge in [-0.3, -0.25) is 0 Å². The van der Waals surface area contributed by atoms with Crippen LogP contribution in [0.3, 0.4) is 0 Å². The highest BCUT2D eigenvalue weighted by Gasteiger charge is 1.96. The lowest BCUT2D eigenvalue weighted by Gasteiger charge is -1.98. The Morgan fingerprint density at radius 3 is 2.90 bits per heavy atom. The van der Waals surface area contributed by atoms with Crippen molar-refractivity contribution in [1.82, 2.24) is 20.2 Å². The second-order valence-corrected chi connectivity index (χ2v) is 2.05. The molecule has 0 amide bonds. The molecule has 0 saturated heterocycles. The van der Waals surface area contributed by atoms with Crippen LogP contribution in [0.1, 0.15) is 13.3 Å². The zero-order valence-electron chi connectivity index (χ0n) is 6.20. The van der Waals surface area contributed by atoms with Crippen LogP contribution < -0.4 is 5.32 Å². The van der Waals surface area contributed by atoms with E-state index in [2.05, 4.69) is 27.8 Å². The van der Waals surface area contributed by atoms with Crippen molar-refractivity contribution >= 4 is 5.95 Å². The molecule has 1 N–H and O–H groups in total. The molecule has 1 heterocycles. The number of aromatic nitrogens is 4. The van der Waals surface area contributed by atoms with Crippen molar-refractivity contribution in [1.29, 1.82) is 0 Å². The Balaban J connectivity index is 2.49. The van der Waals surface area contributed by atoms with E-state index in [0.717, 1.165) is 18.9 Å². The fourth-order valence-corrected chi connectivity index (χ4v) is 0.616. The third-order valence-electron chi connectivity index (χ3n) is 1.15. The summed E-state index contributed by atoms with van der Waals surface area (Å²) in [5, 5.41) is 14.0. The predicted octanol–water partition coefficient (Wildman–Crippen LogP) is 0.0320. The Morgan fingerprint density at radius 2 is 2.40 bits per heavy atom. The van der Waals surface area contributed by atoms with E-state index in [0.29, 0.717) is 0 Å². The fourth-order valence-electron chi connectivity index (χ4n) is 0.616. The van der Waals surface area contributed by atoms with Crippen LogP contribution >= 0.6 is 0 Å². The Kier molecular flexibility index (Phi) is 2.20. The lowest BCUT2D eigenvalue weighted by molar-refractivity contribution is 0.711. The summed E-state index contributed by atoms with van der Waals surface area (Å²) in [5.74, 6) is 0.724. The molecule has 1 rings (SSSR count). The Morgan fingerprint density at radius 1 is 1.60 bits per heavy atom. The molecule has 1 aromatic heterocycles. The van der Waals surface area contributed by atoms with Gasteiger partial charge in [0.25, 0.3) is 0 Å². The molecule has 0 aliphatic heterocycles. The van der Waals surface area contributed by atoms with Crippen LogP contribution in [0.15, 0.2) is 0 Å². The predicted molar refractivity (Wildman–Crippen MR) is 37.6 cm³/mol. The monoisotopic (exact) mass is 141 g/mol. The summed E-state index contributed by atoms with van der Waals surface area (Å²) in [5.41, 5.74) is 0. The third kappa shape index (κ3) is 1.43. The summed E-state index contributed by atoms with van der Waals surface area (Å²) in [4.78, 5) is 0. The van der Waals surface area contributed by atoms with E-state index < -0.39 is 0 Å². The molecular formula is C5H11N5. The van der Waals surface area contributed by atoms with Gasteiger partial charge in [-0.1, -0.05) is 12.0 Å². The molecule has 0 saturated carbocycles. The summed E-state index contributed by atoms with van der Waals surface area (Å²) in [6, 6.07) is 0. The highest BCUT2D eigenvalue weighted by atomic mass is 15.6. The lowest BCUT2D eigenvalue weighted by atomic mass is 10.5. The van der Waals surface area contributed by atoms with Crippen LogP contribution in [-0.2, 0) is 7.05 Å². The van der Waals surface area contributed by atoms with E-state index in [4.69, 9.17) is 0 Å². The van der Waals surface area contributed by atoms with Crippen molar-refractivity contribution in [3.8, 4) is 0 Å². The van der Waals surface area contributed by atoms with Gasteiger partial charge in [-0.2, -0.15) is 0 Å². The van der Waals surface area contributed by atoms with Gasteiger partial charge in [-0.15, -0.1) is 0 Å². The number of anilines is 1. The number of aryl methyl sites for hydroxylation is 1. The Bertz CT molecular complexity index is 194. The molecule has 0 radical (unpaired) electrons. The lowest BCUT2D eigenvalue weighted by Crippen LogP contribution is -2.05. The molecule has 5 heteroatoms. The van der Waals surface area contributed by atoms with Crippen LogP contribution in [0.4, 0.5) is 5.95 Å². The number of tetrazole rings is 1. The van der Waals surface area contributed by atoms with Gasteiger partial charge in [0, 0.05) is 13.6 Å². The molecule has 0 spiro atoms. The first-order valence-electron chi connectivity index (χ1n) is 3.31. The molecule has 56 valence electrons. The van der Waals surface area contributed by atoms with E-state index in [9.17, 15) is 0 Å². The summed E-state index contributed by atoms with van der Waals surface area (Å²) >= 11 is 0. The molecule has 0 atom stereocenters. The minimum Gasteiger partial charge on any atom is -0.353 e. The van der Waals surface area contributed by atoms with Gasteiger partial charge < -0.3 is 5.32 Å². The third-order valence-corrected chi connectivity index (χ3v) is 1.15. The first-order chi connectivity index (χ1) is 4.84. The molecule has 1 aromatic rings. The Hall–Kier alpha value is -1.13. The maximum atomic E-state index is 3.74. The average molecular weight is 141 g/mol. The SMILES string of the molecule is CCCNc1nnnn1C. The van der Waals surface area contributed by atoms with Gasteiger partial charge >= 0.3 is 0 Å². The number of nitrogens with zero attached hydrogens (tertiary/aromatic N) is 4. The van der Waals surface area contributed by atoms with Gasteiger partial charge in [0.05, 0.1) is 0 Å². The molecule has 0 aliphatic carbocycles.